The van der Waals surface area contributed by atoms with Crippen LogP contribution in [0.3, 0.4) is 0 Å². The Morgan fingerprint density at radius 2 is 2.12 bits per heavy atom. The van der Waals surface area contributed by atoms with Crippen molar-refractivity contribution in [2.75, 3.05) is 14.1 Å². The Kier molecular flexibility index (Phi) is 2.63. The van der Waals surface area contributed by atoms with Crippen LogP contribution in [0.5, 0.6) is 0 Å². The molecular formula is C5H9N3. The summed E-state index contributed by atoms with van der Waals surface area (Å²) in [6, 6.07) is 1.90. The van der Waals surface area contributed by atoms with Gasteiger partial charge >= 0.3 is 0 Å². The van der Waals surface area contributed by atoms with E-state index in [2.05, 4.69) is 5.10 Å². The number of nitrogens with zero attached hydrogens (tertiary/aromatic N) is 3. The van der Waals surface area contributed by atoms with Crippen molar-refractivity contribution >= 4 is 5.71 Å². The second-order valence-electron chi connectivity index (χ2n) is 1.64. The summed E-state index contributed by atoms with van der Waals surface area (Å²) < 4.78 is 0. The number of hydrogen-bond donors (Lipinski definition) is 0. The summed E-state index contributed by atoms with van der Waals surface area (Å²) in [7, 11) is 3.56. The van der Waals surface area contributed by atoms with Crippen molar-refractivity contribution in [2.45, 2.75) is 6.92 Å². The zero-order chi connectivity index (χ0) is 6.57. The van der Waals surface area contributed by atoms with Crippen LogP contribution < -0.4 is 0 Å². The van der Waals surface area contributed by atoms with Gasteiger partial charge in [0.05, 0.1) is 0 Å². The Morgan fingerprint density at radius 3 is 2.25 bits per heavy atom. The predicted molar refractivity (Wildman–Crippen MR) is 32.4 cm³/mol. The molecule has 0 radical (unpaired) electrons. The zero-order valence-electron chi connectivity index (χ0n) is 5.34. The molecule has 0 aliphatic heterocycles. The molecule has 44 valence electrons. The second kappa shape index (κ2) is 3.03. The first-order valence-electron chi connectivity index (χ1n) is 2.29. The highest BCUT2D eigenvalue weighted by atomic mass is 15.4. The van der Waals surface area contributed by atoms with Crippen molar-refractivity contribution in [2.24, 2.45) is 5.10 Å². The molecule has 0 saturated carbocycles. The molecule has 0 rings (SSSR count). The molecule has 0 aromatic heterocycles. The van der Waals surface area contributed by atoms with E-state index in [4.69, 9.17) is 5.26 Å². The van der Waals surface area contributed by atoms with E-state index >= 15 is 0 Å². The van der Waals surface area contributed by atoms with E-state index in [1.807, 2.05) is 6.07 Å². The summed E-state index contributed by atoms with van der Waals surface area (Å²) >= 11 is 0. The fourth-order valence-corrected chi connectivity index (χ4v) is 0.322. The van der Waals surface area contributed by atoms with Gasteiger partial charge in [-0.1, -0.05) is 0 Å². The van der Waals surface area contributed by atoms with Crippen LogP contribution in [0.1, 0.15) is 6.92 Å². The van der Waals surface area contributed by atoms with E-state index in [0.29, 0.717) is 5.71 Å². The summed E-state index contributed by atoms with van der Waals surface area (Å²) in [4.78, 5) is 0. The van der Waals surface area contributed by atoms with Crippen LogP contribution in [0.15, 0.2) is 5.10 Å². The highest BCUT2D eigenvalue weighted by Gasteiger charge is 1.83. The maximum Gasteiger partial charge on any atom is 0.134 e. The Balaban J connectivity index is 3.80. The van der Waals surface area contributed by atoms with Gasteiger partial charge in [-0.05, 0) is 6.92 Å². The molecule has 0 fully saturated rings. The SMILES string of the molecule is C/C(C#N)=N/N(C)C. The minimum absolute atomic E-state index is 0.481. The molecule has 0 spiro atoms. The maximum absolute atomic E-state index is 8.18. The first-order chi connectivity index (χ1) is 3.66. The number of hydrogen-bond acceptors (Lipinski definition) is 3. The number of nitriles is 1. The molecule has 0 N–H and O–H groups in total. The third kappa shape index (κ3) is 3.16. The van der Waals surface area contributed by atoms with Crippen LogP contribution in [-0.4, -0.2) is 24.8 Å². The lowest BCUT2D eigenvalue weighted by molar-refractivity contribution is 0.438. The molecule has 3 nitrogen and oxygen atoms in total. The summed E-state index contributed by atoms with van der Waals surface area (Å²) in [5.74, 6) is 0. The average Bonchev–Trinajstić information content (AvgIpc) is 1.65. The molecule has 0 saturated heterocycles. The minimum atomic E-state index is 0.481. The smallest absolute Gasteiger partial charge is 0.134 e. The van der Waals surface area contributed by atoms with Crippen molar-refractivity contribution in [3.63, 3.8) is 0 Å². The van der Waals surface area contributed by atoms with E-state index in [-0.39, 0.29) is 0 Å². The monoisotopic (exact) mass is 111 g/mol. The number of rotatable bonds is 1. The van der Waals surface area contributed by atoms with E-state index in [1.54, 1.807) is 26.0 Å². The van der Waals surface area contributed by atoms with Gasteiger partial charge in [0.25, 0.3) is 0 Å². The van der Waals surface area contributed by atoms with Crippen LogP contribution in [0.2, 0.25) is 0 Å². The Morgan fingerprint density at radius 1 is 1.62 bits per heavy atom. The molecule has 0 aliphatic rings. The highest BCUT2D eigenvalue weighted by molar-refractivity contribution is 5.96. The van der Waals surface area contributed by atoms with Gasteiger partial charge in [-0.25, -0.2) is 0 Å². The van der Waals surface area contributed by atoms with Crippen LogP contribution >= 0.6 is 0 Å². The van der Waals surface area contributed by atoms with Crippen molar-refractivity contribution in [1.29, 1.82) is 5.26 Å². The molecule has 0 bridgehead atoms. The predicted octanol–water partition coefficient (Wildman–Crippen LogP) is 0.447. The minimum Gasteiger partial charge on any atom is -0.302 e. The van der Waals surface area contributed by atoms with Crippen molar-refractivity contribution in [3.05, 3.63) is 0 Å². The maximum atomic E-state index is 8.18. The normalized spacial score (nSPS) is 10.5. The van der Waals surface area contributed by atoms with Gasteiger partial charge in [0, 0.05) is 14.1 Å². The third-order valence-corrected chi connectivity index (χ3v) is 0.512. The van der Waals surface area contributed by atoms with Crippen LogP contribution in [0, 0.1) is 11.3 Å². The lowest BCUT2D eigenvalue weighted by Crippen LogP contribution is -2.04. The van der Waals surface area contributed by atoms with E-state index in [0.717, 1.165) is 0 Å². The van der Waals surface area contributed by atoms with Gasteiger partial charge in [0.15, 0.2) is 0 Å². The Labute approximate surface area is 49.2 Å². The van der Waals surface area contributed by atoms with Crippen LogP contribution in [-0.2, 0) is 0 Å². The van der Waals surface area contributed by atoms with Crippen molar-refractivity contribution < 1.29 is 0 Å². The lowest BCUT2D eigenvalue weighted by Gasteiger charge is -2.01. The summed E-state index contributed by atoms with van der Waals surface area (Å²) in [5.41, 5.74) is 0.481. The standard InChI is InChI=1S/C5H9N3/c1-5(4-6)7-8(2)3/h1-3H3/b7-5-. The van der Waals surface area contributed by atoms with Gasteiger partial charge in [-0.3, -0.25) is 0 Å². The van der Waals surface area contributed by atoms with Crippen molar-refractivity contribution in [1.82, 2.24) is 5.01 Å². The summed E-state index contributed by atoms with van der Waals surface area (Å²) in [6.07, 6.45) is 0. The molecule has 0 heterocycles. The van der Waals surface area contributed by atoms with E-state index < -0.39 is 0 Å². The number of hydrazone groups is 1. The molecule has 0 atom stereocenters. The fourth-order valence-electron chi connectivity index (χ4n) is 0.322. The Bertz CT molecular complexity index is 129. The molecule has 8 heavy (non-hydrogen) atoms. The van der Waals surface area contributed by atoms with E-state index in [9.17, 15) is 0 Å². The van der Waals surface area contributed by atoms with Crippen LogP contribution in [0.25, 0.3) is 0 Å². The fraction of sp³-hybridized carbons (Fsp3) is 0.600. The Hall–Kier alpha value is -1.04. The van der Waals surface area contributed by atoms with Gasteiger partial charge < -0.3 is 5.01 Å². The second-order valence-corrected chi connectivity index (χ2v) is 1.64. The molecule has 0 aromatic rings. The topological polar surface area (TPSA) is 39.4 Å². The quantitative estimate of drug-likeness (QED) is 0.364. The van der Waals surface area contributed by atoms with Crippen LogP contribution in [0.4, 0.5) is 0 Å². The average molecular weight is 111 g/mol. The van der Waals surface area contributed by atoms with Gasteiger partial charge in [-0.2, -0.15) is 10.4 Å². The lowest BCUT2D eigenvalue weighted by atomic mass is 10.5. The molecule has 0 aromatic carbocycles. The molecule has 3 heteroatoms. The van der Waals surface area contributed by atoms with Gasteiger partial charge in [0.2, 0.25) is 0 Å². The summed E-state index contributed by atoms with van der Waals surface area (Å²) in [6.45, 7) is 1.67. The molecule has 0 amide bonds. The third-order valence-electron chi connectivity index (χ3n) is 0.512. The van der Waals surface area contributed by atoms with Gasteiger partial charge in [-0.15, -0.1) is 0 Å². The first-order valence-corrected chi connectivity index (χ1v) is 2.29. The highest BCUT2D eigenvalue weighted by Crippen LogP contribution is 1.77. The molecule has 0 unspecified atom stereocenters. The largest absolute Gasteiger partial charge is 0.302 e. The van der Waals surface area contributed by atoms with E-state index in [1.165, 1.54) is 0 Å². The summed E-state index contributed by atoms with van der Waals surface area (Å²) in [5, 5.41) is 13.6. The molecular weight excluding hydrogens is 102 g/mol. The zero-order valence-corrected chi connectivity index (χ0v) is 5.34. The molecule has 0 aliphatic carbocycles. The van der Waals surface area contributed by atoms with Crippen molar-refractivity contribution in [3.8, 4) is 6.07 Å². The van der Waals surface area contributed by atoms with Gasteiger partial charge in [0.1, 0.15) is 11.8 Å². The first kappa shape index (κ1) is 6.96.